The molecule has 9 aromatic carbocycles. The van der Waals surface area contributed by atoms with Crippen LogP contribution in [-0.4, -0.2) is 19.1 Å². The lowest BCUT2D eigenvalue weighted by molar-refractivity contribution is 1.01. The lowest BCUT2D eigenvalue weighted by atomic mass is 9.98. The van der Waals surface area contributed by atoms with Crippen LogP contribution in [-0.2, 0) is 0 Å². The molecule has 3 heterocycles. The predicted molar refractivity (Wildman–Crippen MR) is 242 cm³/mol. The van der Waals surface area contributed by atoms with Crippen molar-refractivity contribution in [3.8, 4) is 45.1 Å². The van der Waals surface area contributed by atoms with Crippen molar-refractivity contribution in [3.63, 3.8) is 0 Å². The SMILES string of the molecule is c1ccc(-n2c3ccccc3c3cc(-c4ccc(-c5ccc6c(c5)c5ccccc5n6-c5nc(-c6cccc7ccccc67)c6ccccc6n5)cc4)ccc32)cc1. The second-order valence-corrected chi connectivity index (χ2v) is 15.0. The van der Waals surface area contributed by atoms with Crippen LogP contribution in [0.25, 0.3) is 110 Å². The van der Waals surface area contributed by atoms with Gasteiger partial charge in [0.2, 0.25) is 5.95 Å². The van der Waals surface area contributed by atoms with Crippen molar-refractivity contribution in [2.75, 3.05) is 0 Å². The maximum atomic E-state index is 5.39. The largest absolute Gasteiger partial charge is 0.309 e. The van der Waals surface area contributed by atoms with Crippen LogP contribution < -0.4 is 0 Å². The average molecular weight is 739 g/mol. The second kappa shape index (κ2) is 12.9. The molecule has 0 aliphatic carbocycles. The molecule has 0 aliphatic heterocycles. The molecule has 0 saturated carbocycles. The monoisotopic (exact) mass is 738 g/mol. The molecule has 0 atom stereocenters. The summed E-state index contributed by atoms with van der Waals surface area (Å²) in [6, 6.07) is 73.8. The number of hydrogen-bond donors (Lipinski definition) is 0. The summed E-state index contributed by atoms with van der Waals surface area (Å²) < 4.78 is 4.59. The number of benzene rings is 9. The summed E-state index contributed by atoms with van der Waals surface area (Å²) in [5, 5.41) is 8.24. The van der Waals surface area contributed by atoms with Gasteiger partial charge in [0.1, 0.15) is 0 Å². The van der Waals surface area contributed by atoms with Crippen molar-refractivity contribution in [1.29, 1.82) is 0 Å². The number of aromatic nitrogens is 4. The highest BCUT2D eigenvalue weighted by atomic mass is 15.2. The van der Waals surface area contributed by atoms with E-state index in [0.717, 1.165) is 33.2 Å². The van der Waals surface area contributed by atoms with Gasteiger partial charge in [-0.1, -0.05) is 152 Å². The third kappa shape index (κ3) is 5.02. The molecule has 0 amide bonds. The maximum absolute atomic E-state index is 5.39. The number of hydrogen-bond acceptors (Lipinski definition) is 2. The van der Waals surface area contributed by atoms with E-state index in [1.165, 1.54) is 71.3 Å². The smallest absolute Gasteiger partial charge is 0.235 e. The summed E-state index contributed by atoms with van der Waals surface area (Å²) in [6.45, 7) is 0. The van der Waals surface area contributed by atoms with Crippen molar-refractivity contribution >= 4 is 65.3 Å². The molecule has 0 unspecified atom stereocenters. The van der Waals surface area contributed by atoms with Gasteiger partial charge in [-0.2, -0.15) is 0 Å². The Hall–Kier alpha value is -7.82. The van der Waals surface area contributed by atoms with Crippen LogP contribution in [0.1, 0.15) is 0 Å². The molecular weight excluding hydrogens is 705 g/mol. The van der Waals surface area contributed by atoms with E-state index in [4.69, 9.17) is 9.97 Å². The fourth-order valence-corrected chi connectivity index (χ4v) is 9.03. The first-order chi connectivity index (χ1) is 28.8. The van der Waals surface area contributed by atoms with Crippen LogP contribution in [0.5, 0.6) is 0 Å². The molecule has 0 bridgehead atoms. The zero-order valence-corrected chi connectivity index (χ0v) is 31.4. The van der Waals surface area contributed by atoms with Crippen molar-refractivity contribution < 1.29 is 0 Å². The summed E-state index contributed by atoms with van der Waals surface area (Å²) >= 11 is 0. The molecule has 270 valence electrons. The quantitative estimate of drug-likeness (QED) is 0.176. The normalized spacial score (nSPS) is 11.8. The minimum atomic E-state index is 0.661. The number of nitrogens with zero attached hydrogens (tertiary/aromatic N) is 4. The number of para-hydroxylation sites is 4. The third-order valence-electron chi connectivity index (χ3n) is 11.7. The van der Waals surface area contributed by atoms with Gasteiger partial charge in [0, 0.05) is 38.2 Å². The van der Waals surface area contributed by atoms with E-state index >= 15 is 0 Å². The van der Waals surface area contributed by atoms with Gasteiger partial charge in [0.25, 0.3) is 0 Å². The minimum Gasteiger partial charge on any atom is -0.309 e. The third-order valence-corrected chi connectivity index (χ3v) is 11.7. The van der Waals surface area contributed by atoms with Crippen LogP contribution in [0.4, 0.5) is 0 Å². The van der Waals surface area contributed by atoms with Crippen LogP contribution in [0.3, 0.4) is 0 Å². The van der Waals surface area contributed by atoms with Crippen molar-refractivity contribution in [2.24, 2.45) is 0 Å². The molecule has 0 N–H and O–H groups in total. The molecule has 12 aromatic rings. The Balaban J connectivity index is 0.961. The Labute approximate surface area is 334 Å². The predicted octanol–water partition coefficient (Wildman–Crippen LogP) is 14.0. The molecule has 0 saturated heterocycles. The fourth-order valence-electron chi connectivity index (χ4n) is 9.03. The lowest BCUT2D eigenvalue weighted by Crippen LogP contribution is -2.03. The van der Waals surface area contributed by atoms with Crippen molar-refractivity contribution in [3.05, 3.63) is 206 Å². The van der Waals surface area contributed by atoms with E-state index < -0.39 is 0 Å². The zero-order chi connectivity index (χ0) is 38.2. The maximum Gasteiger partial charge on any atom is 0.235 e. The highest BCUT2D eigenvalue weighted by Crippen LogP contribution is 2.39. The van der Waals surface area contributed by atoms with Gasteiger partial charge >= 0.3 is 0 Å². The summed E-state index contributed by atoms with van der Waals surface area (Å²) in [6.07, 6.45) is 0. The highest BCUT2D eigenvalue weighted by molar-refractivity contribution is 6.12. The Bertz CT molecular complexity index is 3550. The van der Waals surface area contributed by atoms with E-state index in [1.54, 1.807) is 0 Å². The van der Waals surface area contributed by atoms with Crippen molar-refractivity contribution in [2.45, 2.75) is 0 Å². The molecule has 0 spiro atoms. The van der Waals surface area contributed by atoms with Gasteiger partial charge in [0.15, 0.2) is 0 Å². The number of fused-ring (bicyclic) bond motifs is 8. The van der Waals surface area contributed by atoms with Gasteiger partial charge < -0.3 is 4.57 Å². The first-order valence-electron chi connectivity index (χ1n) is 19.7. The van der Waals surface area contributed by atoms with Crippen LogP contribution in [0.15, 0.2) is 206 Å². The average Bonchev–Trinajstić information content (AvgIpc) is 3.81. The number of rotatable bonds is 5. The Morgan fingerprint density at radius 2 is 0.810 bits per heavy atom. The summed E-state index contributed by atoms with van der Waals surface area (Å²) in [7, 11) is 0. The Morgan fingerprint density at radius 1 is 0.310 bits per heavy atom. The van der Waals surface area contributed by atoms with E-state index in [0.29, 0.717) is 5.95 Å². The minimum absolute atomic E-state index is 0.661. The highest BCUT2D eigenvalue weighted by Gasteiger charge is 2.19. The molecule has 4 nitrogen and oxygen atoms in total. The zero-order valence-electron chi connectivity index (χ0n) is 31.4. The van der Waals surface area contributed by atoms with Gasteiger partial charge in [-0.05, 0) is 87.6 Å². The van der Waals surface area contributed by atoms with Gasteiger partial charge in [-0.25, -0.2) is 9.97 Å². The summed E-state index contributed by atoms with van der Waals surface area (Å²) in [5.74, 6) is 0.661. The van der Waals surface area contributed by atoms with Crippen LogP contribution in [0.2, 0.25) is 0 Å². The Kier molecular flexibility index (Phi) is 7.20. The molecule has 12 rings (SSSR count). The molecule has 0 aliphatic rings. The van der Waals surface area contributed by atoms with E-state index in [1.807, 2.05) is 0 Å². The molecule has 3 aromatic heterocycles. The molecule has 0 fully saturated rings. The molecule has 4 heteroatoms. The van der Waals surface area contributed by atoms with Gasteiger partial charge in [-0.3, -0.25) is 4.57 Å². The molecular formula is C54H34N4. The van der Waals surface area contributed by atoms with Gasteiger partial charge in [-0.15, -0.1) is 0 Å². The molecule has 0 radical (unpaired) electrons. The summed E-state index contributed by atoms with van der Waals surface area (Å²) in [5.41, 5.74) is 13.4. The van der Waals surface area contributed by atoms with E-state index in [-0.39, 0.29) is 0 Å². The van der Waals surface area contributed by atoms with Crippen LogP contribution in [0, 0.1) is 0 Å². The van der Waals surface area contributed by atoms with Crippen molar-refractivity contribution in [1.82, 2.24) is 19.1 Å². The molecule has 58 heavy (non-hydrogen) atoms. The first kappa shape index (κ1) is 32.4. The Morgan fingerprint density at radius 3 is 1.50 bits per heavy atom. The van der Waals surface area contributed by atoms with E-state index in [9.17, 15) is 0 Å². The first-order valence-corrected chi connectivity index (χ1v) is 19.7. The fraction of sp³-hybridized carbons (Fsp3) is 0. The standard InChI is InChI=1S/C54H34N4/c1-2-15-40(16-3-1)57-49-23-10-7-18-42(49)46-33-38(29-31-51(46)57)35-25-27-36(28-26-35)39-30-32-52-47(34-39)43-19-8-11-24-50(43)58(52)54-55-48-22-9-6-20-45(48)53(56-54)44-21-12-14-37-13-4-5-17-41(37)44/h1-34H. The second-order valence-electron chi connectivity index (χ2n) is 15.0. The van der Waals surface area contributed by atoms with E-state index in [2.05, 4.69) is 215 Å². The van der Waals surface area contributed by atoms with Gasteiger partial charge in [0.05, 0.1) is 33.3 Å². The summed E-state index contributed by atoms with van der Waals surface area (Å²) in [4.78, 5) is 10.6. The van der Waals surface area contributed by atoms with Crippen LogP contribution >= 0.6 is 0 Å². The topological polar surface area (TPSA) is 35.6 Å². The lowest BCUT2D eigenvalue weighted by Gasteiger charge is -2.13.